The largest absolute Gasteiger partial charge is 0.481 e. The molecule has 1 aromatic carbocycles. The van der Waals surface area contributed by atoms with Crippen molar-refractivity contribution in [2.24, 2.45) is 0 Å². The summed E-state index contributed by atoms with van der Waals surface area (Å²) >= 11 is 3.01. The molecule has 0 aliphatic carbocycles. The zero-order chi connectivity index (χ0) is 13.0. The molecule has 1 rings (SSSR count). The lowest BCUT2D eigenvalue weighted by molar-refractivity contribution is -0.123. The lowest BCUT2D eigenvalue weighted by atomic mass is 10.3. The van der Waals surface area contributed by atoms with Crippen LogP contribution in [0.2, 0.25) is 0 Å². The fourth-order valence-corrected chi connectivity index (χ4v) is 1.55. The summed E-state index contributed by atoms with van der Waals surface area (Å²) in [4.78, 5) is 11.2. The molecular formula is C11H12BrF2NO2. The second-order valence-electron chi connectivity index (χ2n) is 3.71. The summed E-state index contributed by atoms with van der Waals surface area (Å²) in [6, 6.07) is 2.22. The second-order valence-corrected chi connectivity index (χ2v) is 4.63. The average molecular weight is 308 g/mol. The van der Waals surface area contributed by atoms with Gasteiger partial charge in [0.1, 0.15) is 0 Å². The van der Waals surface area contributed by atoms with Crippen molar-refractivity contribution in [3.8, 4) is 5.75 Å². The van der Waals surface area contributed by atoms with Crippen molar-refractivity contribution in [1.82, 2.24) is 5.32 Å². The van der Waals surface area contributed by atoms with Gasteiger partial charge in [0.25, 0.3) is 5.91 Å². The molecule has 6 heteroatoms. The first kappa shape index (κ1) is 13.9. The maximum Gasteiger partial charge on any atom is 0.258 e. The summed E-state index contributed by atoms with van der Waals surface area (Å²) in [5.74, 6) is -2.82. The van der Waals surface area contributed by atoms with Crippen LogP contribution in [0.15, 0.2) is 16.6 Å². The average Bonchev–Trinajstić information content (AvgIpc) is 2.20. The highest BCUT2D eigenvalue weighted by molar-refractivity contribution is 9.10. The minimum absolute atomic E-state index is 0.0322. The number of rotatable bonds is 4. The summed E-state index contributed by atoms with van der Waals surface area (Å²) in [5.41, 5.74) is 0. The summed E-state index contributed by atoms with van der Waals surface area (Å²) in [5, 5.41) is 2.57. The Balaban J connectivity index is 2.66. The van der Waals surface area contributed by atoms with E-state index >= 15 is 0 Å². The number of benzene rings is 1. The van der Waals surface area contributed by atoms with E-state index in [1.165, 1.54) is 6.07 Å². The summed E-state index contributed by atoms with van der Waals surface area (Å²) in [7, 11) is 0. The standard InChI is InChI=1S/C11H12BrF2NO2/c1-6(2)15-10(16)5-17-9-4-7(12)3-8(13)11(9)14/h3-4,6H,5H2,1-2H3,(H,15,16). The van der Waals surface area contributed by atoms with Crippen molar-refractivity contribution < 1.29 is 18.3 Å². The molecule has 1 aromatic rings. The fourth-order valence-electron chi connectivity index (χ4n) is 1.14. The maximum absolute atomic E-state index is 13.2. The molecule has 1 N–H and O–H groups in total. The lowest BCUT2D eigenvalue weighted by Crippen LogP contribution is -2.34. The van der Waals surface area contributed by atoms with Crippen molar-refractivity contribution in [3.63, 3.8) is 0 Å². The van der Waals surface area contributed by atoms with Gasteiger partial charge >= 0.3 is 0 Å². The Bertz CT molecular complexity index is 424. The van der Waals surface area contributed by atoms with E-state index in [0.717, 1.165) is 6.07 Å². The van der Waals surface area contributed by atoms with E-state index in [2.05, 4.69) is 21.2 Å². The molecule has 0 heterocycles. The molecule has 0 saturated carbocycles. The number of hydrogen-bond acceptors (Lipinski definition) is 2. The second kappa shape index (κ2) is 5.95. The molecule has 0 fully saturated rings. The Morgan fingerprint density at radius 1 is 1.47 bits per heavy atom. The third-order valence-electron chi connectivity index (χ3n) is 1.77. The zero-order valence-electron chi connectivity index (χ0n) is 9.39. The van der Waals surface area contributed by atoms with Gasteiger partial charge in [0.05, 0.1) is 0 Å². The SMILES string of the molecule is CC(C)NC(=O)COc1cc(Br)cc(F)c1F. The van der Waals surface area contributed by atoms with Crippen LogP contribution >= 0.6 is 15.9 Å². The van der Waals surface area contributed by atoms with Crippen LogP contribution in [0.1, 0.15) is 13.8 Å². The van der Waals surface area contributed by atoms with Crippen molar-refractivity contribution >= 4 is 21.8 Å². The molecule has 0 spiro atoms. The van der Waals surface area contributed by atoms with Gasteiger partial charge < -0.3 is 10.1 Å². The predicted molar refractivity (Wildman–Crippen MR) is 62.8 cm³/mol. The zero-order valence-corrected chi connectivity index (χ0v) is 11.0. The van der Waals surface area contributed by atoms with Crippen molar-refractivity contribution in [1.29, 1.82) is 0 Å². The summed E-state index contributed by atoms with van der Waals surface area (Å²) < 4.78 is 31.5. The smallest absolute Gasteiger partial charge is 0.258 e. The van der Waals surface area contributed by atoms with Crippen LogP contribution in [0, 0.1) is 11.6 Å². The van der Waals surface area contributed by atoms with Gasteiger partial charge in [0.15, 0.2) is 18.2 Å². The predicted octanol–water partition coefficient (Wildman–Crippen LogP) is 2.63. The van der Waals surface area contributed by atoms with Gasteiger partial charge in [-0.15, -0.1) is 0 Å². The molecule has 0 unspecified atom stereocenters. The number of carbonyl (C=O) groups is 1. The van der Waals surface area contributed by atoms with Crippen LogP contribution in [0.4, 0.5) is 8.78 Å². The number of ether oxygens (including phenoxy) is 1. The van der Waals surface area contributed by atoms with Crippen LogP contribution in [-0.2, 0) is 4.79 Å². The van der Waals surface area contributed by atoms with Crippen LogP contribution in [0.3, 0.4) is 0 Å². The number of nitrogens with one attached hydrogen (secondary N) is 1. The van der Waals surface area contributed by atoms with Gasteiger partial charge in [0.2, 0.25) is 5.82 Å². The topological polar surface area (TPSA) is 38.3 Å². The number of hydrogen-bond donors (Lipinski definition) is 1. The van der Waals surface area contributed by atoms with Crippen molar-refractivity contribution in [2.75, 3.05) is 6.61 Å². The van der Waals surface area contributed by atoms with E-state index < -0.39 is 11.6 Å². The van der Waals surface area contributed by atoms with Crippen molar-refractivity contribution in [3.05, 3.63) is 28.2 Å². The van der Waals surface area contributed by atoms with Crippen molar-refractivity contribution in [2.45, 2.75) is 19.9 Å². The van der Waals surface area contributed by atoms with E-state index in [1.807, 2.05) is 0 Å². The van der Waals surface area contributed by atoms with E-state index in [9.17, 15) is 13.6 Å². The van der Waals surface area contributed by atoms with Gasteiger partial charge in [-0.2, -0.15) is 4.39 Å². The number of halogens is 3. The van der Waals surface area contributed by atoms with Gasteiger partial charge in [-0.25, -0.2) is 4.39 Å². The first-order chi connectivity index (χ1) is 7.90. The minimum atomic E-state index is -1.11. The normalized spacial score (nSPS) is 10.5. The Hall–Kier alpha value is -1.17. The molecule has 0 saturated heterocycles. The van der Waals surface area contributed by atoms with Crippen LogP contribution in [0.5, 0.6) is 5.75 Å². The molecule has 0 radical (unpaired) electrons. The molecular weight excluding hydrogens is 296 g/mol. The highest BCUT2D eigenvalue weighted by Crippen LogP contribution is 2.25. The van der Waals surface area contributed by atoms with Crippen LogP contribution in [-0.4, -0.2) is 18.6 Å². The third kappa shape index (κ3) is 4.30. The highest BCUT2D eigenvalue weighted by atomic mass is 79.9. The molecule has 1 amide bonds. The molecule has 94 valence electrons. The quantitative estimate of drug-likeness (QED) is 0.869. The Kier molecular flexibility index (Phi) is 4.86. The van der Waals surface area contributed by atoms with Crippen LogP contribution in [0.25, 0.3) is 0 Å². The van der Waals surface area contributed by atoms with Gasteiger partial charge in [0, 0.05) is 10.5 Å². The van der Waals surface area contributed by atoms with E-state index in [-0.39, 0.29) is 24.3 Å². The number of amides is 1. The third-order valence-corrected chi connectivity index (χ3v) is 2.23. The monoisotopic (exact) mass is 307 g/mol. The van der Waals surface area contributed by atoms with Gasteiger partial charge in [-0.05, 0) is 26.0 Å². The molecule has 0 aromatic heterocycles. The van der Waals surface area contributed by atoms with E-state index in [1.54, 1.807) is 13.8 Å². The Morgan fingerprint density at radius 2 is 2.12 bits per heavy atom. The Morgan fingerprint density at radius 3 is 2.71 bits per heavy atom. The van der Waals surface area contributed by atoms with Crippen LogP contribution < -0.4 is 10.1 Å². The van der Waals surface area contributed by atoms with E-state index in [0.29, 0.717) is 4.47 Å². The fraction of sp³-hybridized carbons (Fsp3) is 0.364. The summed E-state index contributed by atoms with van der Waals surface area (Å²) in [6.45, 7) is 3.22. The first-order valence-corrected chi connectivity index (χ1v) is 5.76. The molecule has 3 nitrogen and oxygen atoms in total. The maximum atomic E-state index is 13.2. The molecule has 0 aliphatic rings. The highest BCUT2D eigenvalue weighted by Gasteiger charge is 2.13. The molecule has 0 aliphatic heterocycles. The molecule has 0 atom stereocenters. The summed E-state index contributed by atoms with van der Waals surface area (Å²) in [6.07, 6.45) is 0. The molecule has 0 bridgehead atoms. The number of carbonyl (C=O) groups excluding carboxylic acids is 1. The lowest BCUT2D eigenvalue weighted by Gasteiger charge is -2.10. The van der Waals surface area contributed by atoms with Gasteiger partial charge in [-0.1, -0.05) is 15.9 Å². The van der Waals surface area contributed by atoms with Gasteiger partial charge in [-0.3, -0.25) is 4.79 Å². The minimum Gasteiger partial charge on any atom is -0.481 e. The Labute approximate surface area is 106 Å². The van der Waals surface area contributed by atoms with E-state index in [4.69, 9.17) is 4.74 Å². The first-order valence-electron chi connectivity index (χ1n) is 4.97. The molecule has 17 heavy (non-hydrogen) atoms.